The molecule has 0 fully saturated rings. The fourth-order valence-electron chi connectivity index (χ4n) is 2.45. The van der Waals surface area contributed by atoms with Gasteiger partial charge in [-0.05, 0) is 50.7 Å². The maximum Gasteiger partial charge on any atom is 0.129 e. The van der Waals surface area contributed by atoms with Crippen molar-refractivity contribution in [2.24, 2.45) is 0 Å². The molecule has 1 aromatic carbocycles. The van der Waals surface area contributed by atoms with Crippen molar-refractivity contribution in [1.29, 1.82) is 0 Å². The number of aromatic nitrogens is 1. The first-order valence-electron chi connectivity index (χ1n) is 7.57. The van der Waals surface area contributed by atoms with Gasteiger partial charge in [0.25, 0.3) is 0 Å². The Bertz CT molecular complexity index is 547. The lowest BCUT2D eigenvalue weighted by Crippen LogP contribution is -2.25. The molecule has 1 heterocycles. The highest BCUT2D eigenvalue weighted by Gasteiger charge is 2.03. The molecule has 2 rings (SSSR count). The van der Waals surface area contributed by atoms with E-state index in [0.29, 0.717) is 0 Å². The third kappa shape index (κ3) is 3.70. The maximum atomic E-state index is 4.71. The number of anilines is 1. The van der Waals surface area contributed by atoms with E-state index in [1.54, 1.807) is 0 Å². The normalized spacial score (nSPS) is 11.2. The van der Waals surface area contributed by atoms with E-state index in [-0.39, 0.29) is 0 Å². The van der Waals surface area contributed by atoms with Crippen molar-refractivity contribution in [3.63, 3.8) is 0 Å². The standard InChI is InChI=1S/C17H25N3/c1-4-20(5-2)12-8-11-18-17-14(3)13-15-9-6-7-10-16(15)19-17/h6-7,9-10,13H,4-5,8,11-12H2,1-3H3,(H,18,19). The highest BCUT2D eigenvalue weighted by Crippen LogP contribution is 2.19. The predicted molar refractivity (Wildman–Crippen MR) is 87.4 cm³/mol. The molecule has 0 amide bonds. The van der Waals surface area contributed by atoms with Crippen molar-refractivity contribution >= 4 is 16.7 Å². The average molecular weight is 271 g/mol. The van der Waals surface area contributed by atoms with Crippen LogP contribution in [0.3, 0.4) is 0 Å². The van der Waals surface area contributed by atoms with Gasteiger partial charge in [-0.15, -0.1) is 0 Å². The van der Waals surface area contributed by atoms with E-state index < -0.39 is 0 Å². The van der Waals surface area contributed by atoms with Gasteiger partial charge in [-0.3, -0.25) is 0 Å². The Morgan fingerprint density at radius 2 is 1.90 bits per heavy atom. The molecule has 0 aliphatic rings. The second-order valence-corrected chi connectivity index (χ2v) is 5.15. The van der Waals surface area contributed by atoms with E-state index >= 15 is 0 Å². The molecule has 0 unspecified atom stereocenters. The fourth-order valence-corrected chi connectivity index (χ4v) is 2.45. The number of hydrogen-bond donors (Lipinski definition) is 1. The van der Waals surface area contributed by atoms with Crippen molar-refractivity contribution in [3.05, 3.63) is 35.9 Å². The van der Waals surface area contributed by atoms with Gasteiger partial charge in [0.2, 0.25) is 0 Å². The summed E-state index contributed by atoms with van der Waals surface area (Å²) < 4.78 is 0. The highest BCUT2D eigenvalue weighted by molar-refractivity contribution is 5.81. The molecular weight excluding hydrogens is 246 g/mol. The summed E-state index contributed by atoms with van der Waals surface area (Å²) in [5.41, 5.74) is 2.27. The number of para-hydroxylation sites is 1. The molecule has 0 radical (unpaired) electrons. The van der Waals surface area contributed by atoms with Crippen LogP contribution in [0.1, 0.15) is 25.8 Å². The summed E-state index contributed by atoms with van der Waals surface area (Å²) in [7, 11) is 0. The van der Waals surface area contributed by atoms with Gasteiger partial charge in [-0.1, -0.05) is 32.0 Å². The highest BCUT2D eigenvalue weighted by atomic mass is 15.1. The molecule has 0 saturated carbocycles. The molecule has 1 aromatic heterocycles. The zero-order valence-electron chi connectivity index (χ0n) is 12.8. The summed E-state index contributed by atoms with van der Waals surface area (Å²) in [6.07, 6.45) is 1.15. The minimum atomic E-state index is 0.975. The van der Waals surface area contributed by atoms with Gasteiger partial charge < -0.3 is 10.2 Å². The van der Waals surface area contributed by atoms with Gasteiger partial charge in [0.15, 0.2) is 0 Å². The van der Waals surface area contributed by atoms with E-state index in [2.05, 4.69) is 55.3 Å². The molecule has 0 atom stereocenters. The lowest BCUT2D eigenvalue weighted by Gasteiger charge is -2.18. The maximum absolute atomic E-state index is 4.71. The van der Waals surface area contributed by atoms with Crippen LogP contribution >= 0.6 is 0 Å². The number of fused-ring (bicyclic) bond motifs is 1. The van der Waals surface area contributed by atoms with Gasteiger partial charge >= 0.3 is 0 Å². The number of nitrogens with one attached hydrogen (secondary N) is 1. The Morgan fingerprint density at radius 1 is 1.15 bits per heavy atom. The van der Waals surface area contributed by atoms with Gasteiger partial charge in [-0.2, -0.15) is 0 Å². The minimum absolute atomic E-state index is 0.975. The van der Waals surface area contributed by atoms with Crippen molar-refractivity contribution in [2.45, 2.75) is 27.2 Å². The Hall–Kier alpha value is -1.61. The van der Waals surface area contributed by atoms with E-state index in [1.165, 1.54) is 10.9 Å². The van der Waals surface area contributed by atoms with Crippen LogP contribution in [0.2, 0.25) is 0 Å². The molecule has 0 saturated heterocycles. The second-order valence-electron chi connectivity index (χ2n) is 5.15. The third-order valence-corrected chi connectivity index (χ3v) is 3.75. The lowest BCUT2D eigenvalue weighted by atomic mass is 10.1. The predicted octanol–water partition coefficient (Wildman–Crippen LogP) is 3.69. The first-order valence-corrected chi connectivity index (χ1v) is 7.57. The Morgan fingerprint density at radius 3 is 2.65 bits per heavy atom. The summed E-state index contributed by atoms with van der Waals surface area (Å²) >= 11 is 0. The average Bonchev–Trinajstić information content (AvgIpc) is 2.47. The number of hydrogen-bond acceptors (Lipinski definition) is 3. The molecule has 2 aromatic rings. The molecule has 3 heteroatoms. The van der Waals surface area contributed by atoms with Crippen LogP contribution in [-0.2, 0) is 0 Å². The number of nitrogens with zero attached hydrogens (tertiary/aromatic N) is 2. The van der Waals surface area contributed by atoms with Crippen LogP contribution < -0.4 is 5.32 Å². The van der Waals surface area contributed by atoms with Crippen molar-refractivity contribution in [2.75, 3.05) is 31.5 Å². The zero-order valence-corrected chi connectivity index (χ0v) is 12.8. The van der Waals surface area contributed by atoms with E-state index in [9.17, 15) is 0 Å². The topological polar surface area (TPSA) is 28.2 Å². The number of pyridine rings is 1. The van der Waals surface area contributed by atoms with Crippen LogP contribution in [0.25, 0.3) is 10.9 Å². The van der Waals surface area contributed by atoms with Gasteiger partial charge in [0, 0.05) is 11.9 Å². The summed E-state index contributed by atoms with van der Waals surface area (Å²) in [5.74, 6) is 1.02. The minimum Gasteiger partial charge on any atom is -0.370 e. The second kappa shape index (κ2) is 7.25. The molecule has 0 spiro atoms. The molecule has 3 nitrogen and oxygen atoms in total. The Labute approximate surface area is 122 Å². The summed E-state index contributed by atoms with van der Waals surface area (Å²) in [5, 5.41) is 4.68. The van der Waals surface area contributed by atoms with Gasteiger partial charge in [0.05, 0.1) is 5.52 Å². The van der Waals surface area contributed by atoms with E-state index in [1.807, 2.05) is 6.07 Å². The van der Waals surface area contributed by atoms with Crippen LogP contribution in [0.15, 0.2) is 30.3 Å². The Kier molecular flexibility index (Phi) is 5.36. The van der Waals surface area contributed by atoms with Crippen LogP contribution in [0.4, 0.5) is 5.82 Å². The van der Waals surface area contributed by atoms with Crippen molar-refractivity contribution in [1.82, 2.24) is 9.88 Å². The lowest BCUT2D eigenvalue weighted by molar-refractivity contribution is 0.303. The summed E-state index contributed by atoms with van der Waals surface area (Å²) in [4.78, 5) is 7.15. The largest absolute Gasteiger partial charge is 0.370 e. The molecule has 0 aliphatic carbocycles. The fraction of sp³-hybridized carbons (Fsp3) is 0.471. The zero-order chi connectivity index (χ0) is 14.4. The van der Waals surface area contributed by atoms with Crippen LogP contribution in [0.5, 0.6) is 0 Å². The quantitative estimate of drug-likeness (QED) is 0.779. The molecule has 20 heavy (non-hydrogen) atoms. The van der Waals surface area contributed by atoms with E-state index in [4.69, 9.17) is 4.98 Å². The van der Waals surface area contributed by atoms with E-state index in [0.717, 1.165) is 43.9 Å². The first-order chi connectivity index (χ1) is 9.74. The van der Waals surface area contributed by atoms with Crippen molar-refractivity contribution < 1.29 is 0 Å². The molecular formula is C17H25N3. The number of benzene rings is 1. The molecule has 1 N–H and O–H groups in total. The van der Waals surface area contributed by atoms with Gasteiger partial charge in [0.1, 0.15) is 5.82 Å². The SMILES string of the molecule is CCN(CC)CCCNc1nc2ccccc2cc1C. The smallest absolute Gasteiger partial charge is 0.129 e. The van der Waals surface area contributed by atoms with Gasteiger partial charge in [-0.25, -0.2) is 4.98 Å². The molecule has 0 aliphatic heterocycles. The number of aryl methyl sites for hydroxylation is 1. The summed E-state index contributed by atoms with van der Waals surface area (Å²) in [6.45, 7) is 10.9. The van der Waals surface area contributed by atoms with Crippen molar-refractivity contribution in [3.8, 4) is 0 Å². The Balaban J connectivity index is 1.94. The summed E-state index contributed by atoms with van der Waals surface area (Å²) in [6, 6.07) is 10.5. The molecule has 0 bridgehead atoms. The third-order valence-electron chi connectivity index (χ3n) is 3.75. The number of rotatable bonds is 7. The molecule has 108 valence electrons. The first kappa shape index (κ1) is 14.8. The van der Waals surface area contributed by atoms with Crippen LogP contribution in [-0.4, -0.2) is 36.1 Å². The monoisotopic (exact) mass is 271 g/mol. The van der Waals surface area contributed by atoms with Crippen LogP contribution in [0, 0.1) is 6.92 Å².